The zero-order valence-electron chi connectivity index (χ0n) is 11.2. The van der Waals surface area contributed by atoms with E-state index in [4.69, 9.17) is 4.74 Å². The molecule has 1 aromatic carbocycles. The molecule has 0 heterocycles. The van der Waals surface area contributed by atoms with Crippen LogP contribution in [0.2, 0.25) is 0 Å². The van der Waals surface area contributed by atoms with E-state index in [1.54, 1.807) is 0 Å². The van der Waals surface area contributed by atoms with Crippen LogP contribution in [-0.2, 0) is 9.47 Å². The number of esters is 1. The van der Waals surface area contributed by atoms with Crippen molar-refractivity contribution in [3.63, 3.8) is 0 Å². The van der Waals surface area contributed by atoms with Gasteiger partial charge in [-0.05, 0) is 17.7 Å². The molecule has 1 atom stereocenters. The number of carbonyl (C=O) groups excluding carboxylic acids is 1. The molecule has 1 unspecified atom stereocenters. The van der Waals surface area contributed by atoms with Gasteiger partial charge in [0.05, 0.1) is 25.2 Å². The third-order valence-electron chi connectivity index (χ3n) is 2.84. The van der Waals surface area contributed by atoms with Crippen molar-refractivity contribution in [1.29, 1.82) is 0 Å². The fourth-order valence-electron chi connectivity index (χ4n) is 1.64. The third-order valence-corrected chi connectivity index (χ3v) is 2.84. The Labute approximate surface area is 117 Å². The van der Waals surface area contributed by atoms with Gasteiger partial charge >= 0.3 is 18.1 Å². The molecule has 0 aromatic heterocycles. The van der Waals surface area contributed by atoms with Crippen LogP contribution in [0.3, 0.4) is 0 Å². The molecule has 0 N–H and O–H groups in total. The molecular weight excluding hydrogens is 299 g/mol. The highest BCUT2D eigenvalue weighted by Gasteiger charge is 2.58. The normalized spacial score (nSPS) is 13.9. The number of alkyl halides is 5. The van der Waals surface area contributed by atoms with Crippen molar-refractivity contribution in [3.05, 3.63) is 35.4 Å². The lowest BCUT2D eigenvalue weighted by molar-refractivity contribution is -0.291. The number of hydrogen-bond acceptors (Lipinski definition) is 3. The van der Waals surface area contributed by atoms with Crippen LogP contribution in [0.5, 0.6) is 0 Å². The molecule has 0 spiro atoms. The summed E-state index contributed by atoms with van der Waals surface area (Å²) in [6.07, 6.45) is -8.63. The predicted molar refractivity (Wildman–Crippen MR) is 63.2 cm³/mol. The first kappa shape index (κ1) is 17.4. The highest BCUT2D eigenvalue weighted by Crippen LogP contribution is 2.42. The summed E-state index contributed by atoms with van der Waals surface area (Å²) in [7, 11) is 2.20. The number of hydrogen-bond donors (Lipinski definition) is 0. The number of halogens is 5. The van der Waals surface area contributed by atoms with E-state index in [0.29, 0.717) is 0 Å². The fourth-order valence-corrected chi connectivity index (χ4v) is 1.64. The van der Waals surface area contributed by atoms with Crippen LogP contribution in [0, 0.1) is 0 Å². The molecule has 0 amide bonds. The average Bonchev–Trinajstić information content (AvgIpc) is 2.43. The molecule has 0 aliphatic rings. The van der Waals surface area contributed by atoms with Crippen molar-refractivity contribution in [3.8, 4) is 0 Å². The molecular formula is C13H13F5O3. The summed E-state index contributed by atoms with van der Waals surface area (Å²) < 4.78 is 71.8. The smallest absolute Gasteiger partial charge is 0.453 e. The first-order valence-corrected chi connectivity index (χ1v) is 5.78. The maximum atomic E-state index is 13.0. The molecule has 0 fully saturated rings. The molecule has 0 bridgehead atoms. The highest BCUT2D eigenvalue weighted by atomic mass is 19.4. The van der Waals surface area contributed by atoms with E-state index in [0.717, 1.165) is 14.2 Å². The molecule has 118 valence electrons. The van der Waals surface area contributed by atoms with Crippen molar-refractivity contribution in [2.24, 2.45) is 0 Å². The summed E-state index contributed by atoms with van der Waals surface area (Å²) in [5.41, 5.74) is 0.257. The first-order chi connectivity index (χ1) is 9.62. The van der Waals surface area contributed by atoms with Gasteiger partial charge in [-0.1, -0.05) is 12.1 Å². The Bertz CT molecular complexity index is 482. The Balaban J connectivity index is 2.93. The summed E-state index contributed by atoms with van der Waals surface area (Å²) in [6, 6.07) is 5.01. The quantitative estimate of drug-likeness (QED) is 0.613. The fraction of sp³-hybridized carbons (Fsp3) is 0.462. The molecule has 3 nitrogen and oxygen atoms in total. The van der Waals surface area contributed by atoms with Crippen molar-refractivity contribution >= 4 is 5.97 Å². The second kappa shape index (κ2) is 6.38. The summed E-state index contributed by atoms with van der Waals surface area (Å²) in [6.45, 7) is 0. The Hall–Kier alpha value is -1.70. The molecule has 0 aliphatic heterocycles. The van der Waals surface area contributed by atoms with Gasteiger partial charge in [0, 0.05) is 7.11 Å². The molecule has 21 heavy (non-hydrogen) atoms. The van der Waals surface area contributed by atoms with Gasteiger partial charge in [0.2, 0.25) is 0 Å². The average molecular weight is 312 g/mol. The van der Waals surface area contributed by atoms with E-state index >= 15 is 0 Å². The number of methoxy groups -OCH3 is 2. The molecule has 0 radical (unpaired) electrons. The molecule has 0 aliphatic carbocycles. The standard InChI is InChI=1S/C13H13F5O3/c1-20-10(7-12(14,15)13(16,17)18)8-3-5-9(6-4-8)11(19)21-2/h3-6,10H,7H2,1-2H3. The van der Waals surface area contributed by atoms with Crippen LogP contribution in [0.25, 0.3) is 0 Å². The molecule has 8 heteroatoms. The summed E-state index contributed by atoms with van der Waals surface area (Å²) >= 11 is 0. The van der Waals surface area contributed by atoms with Crippen molar-refractivity contribution in [1.82, 2.24) is 0 Å². The minimum absolute atomic E-state index is 0.106. The van der Waals surface area contributed by atoms with Crippen LogP contribution in [-0.4, -0.2) is 32.3 Å². The van der Waals surface area contributed by atoms with Crippen LogP contribution in [0.1, 0.15) is 28.4 Å². The van der Waals surface area contributed by atoms with Crippen molar-refractivity contribution < 1.29 is 36.2 Å². The van der Waals surface area contributed by atoms with Gasteiger partial charge in [-0.15, -0.1) is 0 Å². The Kier molecular flexibility index (Phi) is 5.27. The first-order valence-electron chi connectivity index (χ1n) is 5.78. The van der Waals surface area contributed by atoms with E-state index in [1.165, 1.54) is 24.3 Å². The van der Waals surface area contributed by atoms with E-state index in [-0.39, 0.29) is 11.1 Å². The zero-order chi connectivity index (χ0) is 16.3. The van der Waals surface area contributed by atoms with E-state index in [9.17, 15) is 26.7 Å². The number of carbonyl (C=O) groups is 1. The Morgan fingerprint density at radius 1 is 1.10 bits per heavy atom. The lowest BCUT2D eigenvalue weighted by atomic mass is 10.0. The third kappa shape index (κ3) is 4.13. The van der Waals surface area contributed by atoms with Gasteiger partial charge in [-0.2, -0.15) is 22.0 Å². The summed E-state index contributed by atoms with van der Waals surface area (Å²) in [4.78, 5) is 11.2. The van der Waals surface area contributed by atoms with Crippen molar-refractivity contribution in [2.45, 2.75) is 24.6 Å². The molecule has 1 aromatic rings. The summed E-state index contributed by atoms with van der Waals surface area (Å²) in [5.74, 6) is -5.51. The van der Waals surface area contributed by atoms with Crippen molar-refractivity contribution in [2.75, 3.05) is 14.2 Å². The highest BCUT2D eigenvalue weighted by molar-refractivity contribution is 5.89. The SMILES string of the molecule is COC(=O)c1ccc(C(CC(F)(F)C(F)(F)F)OC)cc1. The van der Waals surface area contributed by atoms with Gasteiger partial charge in [0.1, 0.15) is 0 Å². The van der Waals surface area contributed by atoms with Crippen LogP contribution >= 0.6 is 0 Å². The number of benzene rings is 1. The largest absolute Gasteiger partial charge is 0.465 e. The number of ether oxygens (including phenoxy) is 2. The van der Waals surface area contributed by atoms with Gasteiger partial charge in [-0.3, -0.25) is 0 Å². The lowest BCUT2D eigenvalue weighted by Gasteiger charge is -2.24. The lowest BCUT2D eigenvalue weighted by Crippen LogP contribution is -2.38. The molecule has 1 rings (SSSR count). The maximum absolute atomic E-state index is 13.0. The second-order valence-corrected chi connectivity index (χ2v) is 4.24. The van der Waals surface area contributed by atoms with Gasteiger partial charge in [0.25, 0.3) is 0 Å². The minimum atomic E-state index is -5.64. The van der Waals surface area contributed by atoms with Crippen LogP contribution in [0.15, 0.2) is 24.3 Å². The van der Waals surface area contributed by atoms with Gasteiger partial charge in [0.15, 0.2) is 0 Å². The topological polar surface area (TPSA) is 35.5 Å². The predicted octanol–water partition coefficient (Wildman–Crippen LogP) is 3.75. The van der Waals surface area contributed by atoms with Gasteiger partial charge < -0.3 is 9.47 Å². The minimum Gasteiger partial charge on any atom is -0.465 e. The Morgan fingerprint density at radius 3 is 2.00 bits per heavy atom. The second-order valence-electron chi connectivity index (χ2n) is 4.24. The monoisotopic (exact) mass is 312 g/mol. The van der Waals surface area contributed by atoms with Crippen LogP contribution in [0.4, 0.5) is 22.0 Å². The van der Waals surface area contributed by atoms with Crippen LogP contribution < -0.4 is 0 Å². The van der Waals surface area contributed by atoms with E-state index in [2.05, 4.69) is 4.74 Å². The van der Waals surface area contributed by atoms with Gasteiger partial charge in [-0.25, -0.2) is 4.79 Å². The Morgan fingerprint density at radius 2 is 1.62 bits per heavy atom. The van der Waals surface area contributed by atoms with E-state index in [1.807, 2.05) is 0 Å². The maximum Gasteiger partial charge on any atom is 0.453 e. The molecule has 0 saturated heterocycles. The molecule has 0 saturated carbocycles. The van der Waals surface area contributed by atoms with E-state index < -0.39 is 30.6 Å². The zero-order valence-corrected chi connectivity index (χ0v) is 11.2. The summed E-state index contributed by atoms with van der Waals surface area (Å²) in [5, 5.41) is 0. The number of rotatable bonds is 5.